The second-order valence-corrected chi connectivity index (χ2v) is 6.16. The Bertz CT molecular complexity index is 1140. The van der Waals surface area contributed by atoms with E-state index in [0.717, 1.165) is 22.1 Å². The molecule has 0 saturated heterocycles. The van der Waals surface area contributed by atoms with Gasteiger partial charge in [0.2, 0.25) is 0 Å². The number of benzene rings is 2. The van der Waals surface area contributed by atoms with E-state index in [1.54, 1.807) is 0 Å². The number of nitrogens with zero attached hydrogens (tertiary/aromatic N) is 2. The minimum atomic E-state index is 1.05. The Balaban J connectivity index is 0.000000115. The first-order chi connectivity index (χ1) is 12.9. The zero-order valence-electron chi connectivity index (χ0n) is 14.0. The molecule has 4 heteroatoms. The number of pyridine rings is 2. The van der Waals surface area contributed by atoms with Crippen molar-refractivity contribution >= 4 is 43.7 Å². The van der Waals surface area contributed by atoms with Crippen molar-refractivity contribution in [2.45, 2.75) is 0 Å². The van der Waals surface area contributed by atoms with Gasteiger partial charge in [-0.1, -0.05) is 36.4 Å². The first-order valence-electron chi connectivity index (χ1n) is 8.52. The molecule has 4 heterocycles. The summed E-state index contributed by atoms with van der Waals surface area (Å²) in [6.07, 6.45) is 5.50. The summed E-state index contributed by atoms with van der Waals surface area (Å²) in [4.78, 5) is 15.0. The SMILES string of the molecule is c1ccc2c(c1)[nH]c1cccnc12.c1ccc2c(c1)[nH]c1cnccc12. The molecule has 26 heavy (non-hydrogen) atoms. The van der Waals surface area contributed by atoms with Crippen molar-refractivity contribution in [2.24, 2.45) is 0 Å². The Morgan fingerprint density at radius 1 is 0.538 bits per heavy atom. The summed E-state index contributed by atoms with van der Waals surface area (Å²) in [5, 5.41) is 3.70. The van der Waals surface area contributed by atoms with Crippen LogP contribution in [0.4, 0.5) is 0 Å². The molecule has 4 nitrogen and oxygen atoms in total. The first-order valence-corrected chi connectivity index (χ1v) is 8.52. The lowest BCUT2D eigenvalue weighted by atomic mass is 10.2. The van der Waals surface area contributed by atoms with Crippen molar-refractivity contribution in [1.82, 2.24) is 19.9 Å². The van der Waals surface area contributed by atoms with Crippen molar-refractivity contribution in [3.05, 3.63) is 85.3 Å². The molecule has 2 aromatic carbocycles. The largest absolute Gasteiger partial charge is 0.353 e. The second-order valence-electron chi connectivity index (χ2n) is 6.16. The summed E-state index contributed by atoms with van der Waals surface area (Å²) in [5.74, 6) is 0. The zero-order valence-corrected chi connectivity index (χ0v) is 14.0. The third-order valence-corrected chi connectivity index (χ3v) is 4.57. The maximum Gasteiger partial charge on any atom is 0.0957 e. The van der Waals surface area contributed by atoms with Crippen LogP contribution in [0, 0.1) is 0 Å². The van der Waals surface area contributed by atoms with E-state index in [1.807, 2.05) is 55.0 Å². The van der Waals surface area contributed by atoms with Crippen molar-refractivity contribution < 1.29 is 0 Å². The standard InChI is InChI=1S/2C11H8N2/c1-2-5-9-8(4-1)11-10(13-9)6-3-7-12-11;1-2-4-10-8(3-1)9-5-6-12-7-11(9)13-10/h2*1-7,13H. The highest BCUT2D eigenvalue weighted by Gasteiger charge is 2.02. The normalized spacial score (nSPS) is 11.1. The summed E-state index contributed by atoms with van der Waals surface area (Å²) >= 11 is 0. The summed E-state index contributed by atoms with van der Waals surface area (Å²) < 4.78 is 0. The Morgan fingerprint density at radius 3 is 2.08 bits per heavy atom. The average Bonchev–Trinajstić information content (AvgIpc) is 3.27. The molecule has 124 valence electrons. The number of H-pyrrole nitrogens is 2. The Hall–Kier alpha value is -3.66. The van der Waals surface area contributed by atoms with Crippen LogP contribution >= 0.6 is 0 Å². The maximum atomic E-state index is 4.34. The van der Waals surface area contributed by atoms with Crippen LogP contribution in [0.25, 0.3) is 43.7 Å². The molecule has 0 spiro atoms. The van der Waals surface area contributed by atoms with Gasteiger partial charge in [0.05, 0.1) is 22.7 Å². The third kappa shape index (κ3) is 2.40. The van der Waals surface area contributed by atoms with Crippen molar-refractivity contribution in [1.29, 1.82) is 0 Å². The summed E-state index contributed by atoms with van der Waals surface area (Å²) in [7, 11) is 0. The van der Waals surface area contributed by atoms with E-state index in [2.05, 4.69) is 50.3 Å². The molecule has 0 bridgehead atoms. The Morgan fingerprint density at radius 2 is 1.19 bits per heavy atom. The number of nitrogens with one attached hydrogen (secondary N) is 2. The lowest BCUT2D eigenvalue weighted by Gasteiger charge is -1.87. The van der Waals surface area contributed by atoms with E-state index in [9.17, 15) is 0 Å². The molecule has 6 aromatic rings. The van der Waals surface area contributed by atoms with E-state index in [-0.39, 0.29) is 0 Å². The summed E-state index contributed by atoms with van der Waals surface area (Å²) in [6, 6.07) is 22.5. The number of aromatic nitrogens is 4. The number of hydrogen-bond donors (Lipinski definition) is 2. The fourth-order valence-corrected chi connectivity index (χ4v) is 3.37. The van der Waals surface area contributed by atoms with E-state index in [1.165, 1.54) is 21.7 Å². The minimum Gasteiger partial charge on any atom is -0.353 e. The number of rotatable bonds is 0. The lowest BCUT2D eigenvalue weighted by Crippen LogP contribution is -1.70. The highest BCUT2D eigenvalue weighted by atomic mass is 14.8. The minimum absolute atomic E-state index is 1.05. The Labute approximate surface area is 149 Å². The van der Waals surface area contributed by atoms with E-state index in [4.69, 9.17) is 0 Å². The van der Waals surface area contributed by atoms with Crippen molar-refractivity contribution in [2.75, 3.05) is 0 Å². The predicted octanol–water partition coefficient (Wildman–Crippen LogP) is 5.43. The van der Waals surface area contributed by atoms with Crippen LogP contribution < -0.4 is 0 Å². The summed E-state index contributed by atoms with van der Waals surface area (Å²) in [6.45, 7) is 0. The van der Waals surface area contributed by atoms with E-state index >= 15 is 0 Å². The molecule has 0 amide bonds. The van der Waals surface area contributed by atoms with Gasteiger partial charge < -0.3 is 9.97 Å². The third-order valence-electron chi connectivity index (χ3n) is 4.57. The van der Waals surface area contributed by atoms with Gasteiger partial charge in [-0.2, -0.15) is 0 Å². The molecule has 4 aromatic heterocycles. The molecular formula is C22H16N4. The molecule has 0 fully saturated rings. The zero-order chi connectivity index (χ0) is 17.3. The molecule has 2 N–H and O–H groups in total. The molecule has 0 radical (unpaired) electrons. The van der Waals surface area contributed by atoms with Crippen LogP contribution in [-0.2, 0) is 0 Å². The Kier molecular flexibility index (Phi) is 3.39. The molecule has 0 aliphatic heterocycles. The van der Waals surface area contributed by atoms with Gasteiger partial charge in [-0.25, -0.2) is 0 Å². The fourth-order valence-electron chi connectivity index (χ4n) is 3.37. The predicted molar refractivity (Wildman–Crippen MR) is 107 cm³/mol. The van der Waals surface area contributed by atoms with E-state index in [0.29, 0.717) is 0 Å². The topological polar surface area (TPSA) is 57.4 Å². The average molecular weight is 336 g/mol. The van der Waals surface area contributed by atoms with Gasteiger partial charge in [0, 0.05) is 39.6 Å². The van der Waals surface area contributed by atoms with Crippen LogP contribution in [0.3, 0.4) is 0 Å². The van der Waals surface area contributed by atoms with Gasteiger partial charge in [0.1, 0.15) is 0 Å². The van der Waals surface area contributed by atoms with Crippen LogP contribution in [-0.4, -0.2) is 19.9 Å². The molecule has 0 unspecified atom stereocenters. The van der Waals surface area contributed by atoms with Gasteiger partial charge in [0.15, 0.2) is 0 Å². The first kappa shape index (κ1) is 14.7. The highest BCUT2D eigenvalue weighted by molar-refractivity contribution is 6.06. The lowest BCUT2D eigenvalue weighted by molar-refractivity contribution is 1.35. The van der Waals surface area contributed by atoms with Gasteiger partial charge >= 0.3 is 0 Å². The van der Waals surface area contributed by atoms with Gasteiger partial charge in [-0.05, 0) is 30.3 Å². The quantitative estimate of drug-likeness (QED) is 0.388. The molecule has 0 atom stereocenters. The van der Waals surface area contributed by atoms with Gasteiger partial charge in [-0.15, -0.1) is 0 Å². The van der Waals surface area contributed by atoms with Crippen molar-refractivity contribution in [3.63, 3.8) is 0 Å². The van der Waals surface area contributed by atoms with Crippen LogP contribution in [0.1, 0.15) is 0 Å². The summed E-state index contributed by atoms with van der Waals surface area (Å²) in [5.41, 5.74) is 5.58. The van der Waals surface area contributed by atoms with Crippen LogP contribution in [0.15, 0.2) is 85.3 Å². The fraction of sp³-hybridized carbons (Fsp3) is 0. The monoisotopic (exact) mass is 336 g/mol. The molecular weight excluding hydrogens is 320 g/mol. The van der Waals surface area contributed by atoms with Crippen molar-refractivity contribution in [3.8, 4) is 0 Å². The molecule has 0 aliphatic carbocycles. The molecule has 0 aliphatic rings. The van der Waals surface area contributed by atoms with Crippen LogP contribution in [0.2, 0.25) is 0 Å². The van der Waals surface area contributed by atoms with Gasteiger partial charge in [-0.3, -0.25) is 9.97 Å². The number of hydrogen-bond acceptors (Lipinski definition) is 2. The molecule has 6 rings (SSSR count). The van der Waals surface area contributed by atoms with E-state index < -0.39 is 0 Å². The number of fused-ring (bicyclic) bond motifs is 6. The highest BCUT2D eigenvalue weighted by Crippen LogP contribution is 2.23. The number of aromatic amines is 2. The maximum absolute atomic E-state index is 4.34. The number of para-hydroxylation sites is 2. The van der Waals surface area contributed by atoms with Crippen LogP contribution in [0.5, 0.6) is 0 Å². The molecule has 0 saturated carbocycles. The second kappa shape index (κ2) is 6.01. The smallest absolute Gasteiger partial charge is 0.0957 e. The van der Waals surface area contributed by atoms with Gasteiger partial charge in [0.25, 0.3) is 0 Å².